The first kappa shape index (κ1) is 20.5. The van der Waals surface area contributed by atoms with Gasteiger partial charge in [-0.2, -0.15) is 0 Å². The van der Waals surface area contributed by atoms with E-state index in [2.05, 4.69) is 35.9 Å². The maximum atomic E-state index is 12.2. The smallest absolute Gasteiger partial charge is 0.194 e. The average molecular weight is 373 g/mol. The molecule has 0 bridgehead atoms. The highest BCUT2D eigenvalue weighted by Gasteiger charge is 2.41. The molecule has 0 aromatic heterocycles. The Balaban J connectivity index is 2.06. The molecule has 0 spiro atoms. The van der Waals surface area contributed by atoms with Crippen molar-refractivity contribution in [3.63, 3.8) is 0 Å². The van der Waals surface area contributed by atoms with E-state index in [9.17, 15) is 8.42 Å². The quantitative estimate of drug-likeness (QED) is 0.586. The SMILES string of the molecule is CCNC(=NC[C@H]1CCCN1CC(C)C)N1CCS(=O)(=O)C(C)(C)C1. The molecule has 0 aliphatic carbocycles. The lowest BCUT2D eigenvalue weighted by Gasteiger charge is -2.39. The lowest BCUT2D eigenvalue weighted by atomic mass is 10.1. The van der Waals surface area contributed by atoms with Gasteiger partial charge >= 0.3 is 0 Å². The number of likely N-dealkylation sites (tertiary alicyclic amines) is 1. The summed E-state index contributed by atoms with van der Waals surface area (Å²) in [4.78, 5) is 9.56. The topological polar surface area (TPSA) is 65.0 Å². The van der Waals surface area contributed by atoms with Crippen molar-refractivity contribution in [3.05, 3.63) is 0 Å². The van der Waals surface area contributed by atoms with Crippen LogP contribution in [-0.4, -0.2) is 80.0 Å². The summed E-state index contributed by atoms with van der Waals surface area (Å²) >= 11 is 0. The average Bonchev–Trinajstić information content (AvgIpc) is 2.93. The lowest BCUT2D eigenvalue weighted by molar-refractivity contribution is 0.230. The fraction of sp³-hybridized carbons (Fsp3) is 0.944. The molecule has 0 amide bonds. The van der Waals surface area contributed by atoms with Gasteiger partial charge in [-0.1, -0.05) is 13.8 Å². The van der Waals surface area contributed by atoms with Crippen LogP contribution < -0.4 is 5.32 Å². The van der Waals surface area contributed by atoms with Crippen LogP contribution in [0, 0.1) is 5.92 Å². The minimum Gasteiger partial charge on any atom is -0.357 e. The number of hydrogen-bond acceptors (Lipinski definition) is 4. The number of guanidine groups is 1. The normalized spacial score (nSPS) is 27.0. The zero-order valence-electron chi connectivity index (χ0n) is 16.6. The predicted octanol–water partition coefficient (Wildman–Crippen LogP) is 1.58. The second kappa shape index (κ2) is 8.25. The third-order valence-corrected chi connectivity index (χ3v) is 7.76. The molecule has 1 N–H and O–H groups in total. The van der Waals surface area contributed by atoms with Crippen molar-refractivity contribution in [3.8, 4) is 0 Å². The van der Waals surface area contributed by atoms with E-state index < -0.39 is 14.6 Å². The van der Waals surface area contributed by atoms with Gasteiger partial charge in [0.2, 0.25) is 0 Å². The van der Waals surface area contributed by atoms with Gasteiger partial charge in [-0.3, -0.25) is 9.89 Å². The molecule has 0 saturated carbocycles. The molecule has 25 heavy (non-hydrogen) atoms. The number of nitrogens with one attached hydrogen (secondary N) is 1. The summed E-state index contributed by atoms with van der Waals surface area (Å²) in [6.45, 7) is 15.1. The fourth-order valence-electron chi connectivity index (χ4n) is 3.75. The summed E-state index contributed by atoms with van der Waals surface area (Å²) in [7, 11) is -3.03. The van der Waals surface area contributed by atoms with Crippen molar-refractivity contribution in [2.24, 2.45) is 10.9 Å². The number of aliphatic imine (C=N–C) groups is 1. The monoisotopic (exact) mass is 372 g/mol. The molecular formula is C18H36N4O2S. The maximum Gasteiger partial charge on any atom is 0.194 e. The van der Waals surface area contributed by atoms with Crippen LogP contribution in [0.3, 0.4) is 0 Å². The Morgan fingerprint density at radius 2 is 2.04 bits per heavy atom. The lowest BCUT2D eigenvalue weighted by Crippen LogP contribution is -2.57. The van der Waals surface area contributed by atoms with E-state index in [4.69, 9.17) is 4.99 Å². The van der Waals surface area contributed by atoms with Crippen LogP contribution in [0.5, 0.6) is 0 Å². The van der Waals surface area contributed by atoms with Crippen molar-refractivity contribution in [1.29, 1.82) is 0 Å². The second-order valence-corrected chi connectivity index (χ2v) is 11.1. The molecule has 2 aliphatic rings. The second-order valence-electron chi connectivity index (χ2n) is 8.38. The molecule has 2 fully saturated rings. The Morgan fingerprint density at radius 3 is 2.64 bits per heavy atom. The van der Waals surface area contributed by atoms with Crippen molar-refractivity contribution < 1.29 is 8.42 Å². The zero-order chi connectivity index (χ0) is 18.7. The number of hydrogen-bond donors (Lipinski definition) is 1. The highest BCUT2D eigenvalue weighted by atomic mass is 32.2. The maximum absolute atomic E-state index is 12.2. The molecule has 1 atom stereocenters. The Hall–Kier alpha value is -0.820. The van der Waals surface area contributed by atoms with Crippen LogP contribution in [-0.2, 0) is 9.84 Å². The summed E-state index contributed by atoms with van der Waals surface area (Å²) in [5, 5.41) is 3.36. The van der Waals surface area contributed by atoms with Gasteiger partial charge in [0.25, 0.3) is 0 Å². The first-order valence-electron chi connectivity index (χ1n) is 9.66. The molecule has 0 aromatic rings. The van der Waals surface area contributed by atoms with Gasteiger partial charge in [0.1, 0.15) is 0 Å². The summed E-state index contributed by atoms with van der Waals surface area (Å²) < 4.78 is 23.8. The van der Waals surface area contributed by atoms with E-state index in [-0.39, 0.29) is 5.75 Å². The molecule has 6 nitrogen and oxygen atoms in total. The number of rotatable bonds is 5. The van der Waals surface area contributed by atoms with E-state index in [1.165, 1.54) is 19.4 Å². The summed E-state index contributed by atoms with van der Waals surface area (Å²) in [6, 6.07) is 0.512. The van der Waals surface area contributed by atoms with E-state index in [0.717, 1.165) is 25.6 Å². The van der Waals surface area contributed by atoms with Crippen LogP contribution >= 0.6 is 0 Å². The molecule has 2 aliphatic heterocycles. The molecule has 2 heterocycles. The minimum absolute atomic E-state index is 0.202. The molecular weight excluding hydrogens is 336 g/mol. The van der Waals surface area contributed by atoms with Gasteiger partial charge in [0.05, 0.1) is 17.0 Å². The number of sulfone groups is 1. The molecule has 7 heteroatoms. The van der Waals surface area contributed by atoms with Crippen LogP contribution in [0.15, 0.2) is 4.99 Å². The molecule has 2 rings (SSSR count). The Kier molecular flexibility index (Phi) is 6.76. The van der Waals surface area contributed by atoms with Crippen LogP contribution in [0.25, 0.3) is 0 Å². The van der Waals surface area contributed by atoms with Gasteiger partial charge in [-0.05, 0) is 46.1 Å². The molecule has 0 radical (unpaired) electrons. The van der Waals surface area contributed by atoms with Gasteiger partial charge in [-0.15, -0.1) is 0 Å². The highest BCUT2D eigenvalue weighted by molar-refractivity contribution is 7.92. The largest absolute Gasteiger partial charge is 0.357 e. The predicted molar refractivity (Wildman–Crippen MR) is 105 cm³/mol. The summed E-state index contributed by atoms with van der Waals surface area (Å²) in [5.41, 5.74) is 0. The van der Waals surface area contributed by atoms with Gasteiger partial charge in [-0.25, -0.2) is 8.42 Å². The summed E-state index contributed by atoms with van der Waals surface area (Å²) in [5.74, 6) is 1.74. The van der Waals surface area contributed by atoms with Crippen molar-refractivity contribution in [1.82, 2.24) is 15.1 Å². The molecule has 2 saturated heterocycles. The van der Waals surface area contributed by atoms with Gasteiger partial charge in [0.15, 0.2) is 15.8 Å². The van der Waals surface area contributed by atoms with Gasteiger partial charge < -0.3 is 10.2 Å². The Labute approximate surface area is 154 Å². The summed E-state index contributed by atoms with van der Waals surface area (Å²) in [6.07, 6.45) is 2.45. The van der Waals surface area contributed by atoms with Crippen molar-refractivity contribution in [2.75, 3.05) is 45.0 Å². The fourth-order valence-corrected chi connectivity index (χ4v) is 5.12. The van der Waals surface area contributed by atoms with Gasteiger partial charge in [0, 0.05) is 32.2 Å². The van der Waals surface area contributed by atoms with E-state index in [0.29, 0.717) is 25.0 Å². The van der Waals surface area contributed by atoms with Crippen LogP contribution in [0.1, 0.15) is 47.5 Å². The zero-order valence-corrected chi connectivity index (χ0v) is 17.4. The van der Waals surface area contributed by atoms with Crippen LogP contribution in [0.4, 0.5) is 0 Å². The Morgan fingerprint density at radius 1 is 1.32 bits per heavy atom. The minimum atomic E-state index is -3.03. The van der Waals surface area contributed by atoms with E-state index in [1.54, 1.807) is 0 Å². The molecule has 0 aromatic carbocycles. The standard InChI is InChI=1S/C18H36N4O2S/c1-6-19-17(22-10-11-25(23,24)18(4,5)14-22)20-12-16-8-7-9-21(16)13-15(2)3/h15-16H,6-14H2,1-5H3,(H,19,20)/t16-/m1/s1. The number of nitrogens with zero attached hydrogens (tertiary/aromatic N) is 3. The van der Waals surface area contributed by atoms with Crippen LogP contribution in [0.2, 0.25) is 0 Å². The molecule has 146 valence electrons. The van der Waals surface area contributed by atoms with E-state index in [1.807, 2.05) is 13.8 Å². The third-order valence-electron chi connectivity index (χ3n) is 5.23. The first-order valence-corrected chi connectivity index (χ1v) is 11.3. The van der Waals surface area contributed by atoms with Crippen molar-refractivity contribution in [2.45, 2.75) is 58.2 Å². The first-order chi connectivity index (χ1) is 11.7. The van der Waals surface area contributed by atoms with E-state index >= 15 is 0 Å². The van der Waals surface area contributed by atoms with Crippen molar-refractivity contribution >= 4 is 15.8 Å². The Bertz CT molecular complexity index is 572. The highest BCUT2D eigenvalue weighted by Crippen LogP contribution is 2.24. The molecule has 0 unspecified atom stereocenters. The third kappa shape index (κ3) is 5.09.